The summed E-state index contributed by atoms with van der Waals surface area (Å²) in [5.74, 6) is 0.640. The summed E-state index contributed by atoms with van der Waals surface area (Å²) in [6, 6.07) is 22.8. The Bertz CT molecular complexity index is 1770. The number of aromatic nitrogens is 1. The summed E-state index contributed by atoms with van der Waals surface area (Å²) in [6.07, 6.45) is 1.86. The highest BCUT2D eigenvalue weighted by Gasteiger charge is 2.35. The number of halogens is 1. The van der Waals surface area contributed by atoms with Crippen LogP contribution in [0.5, 0.6) is 5.75 Å². The highest BCUT2D eigenvalue weighted by molar-refractivity contribution is 14.1. The SMILES string of the molecule is CCOC(=O)C1=C(c2ccccc2)N=c2s/c(=C/c3ccc(OC)c(I)c3)c(=O)n2[C@@H]1c1ccc(C(C)C)cc1. The first kappa shape index (κ1) is 28.0. The largest absolute Gasteiger partial charge is 0.496 e. The number of fused-ring (bicyclic) bond motifs is 1. The number of carbonyl (C=O) groups excluding carboxylic acids is 1. The minimum absolute atomic E-state index is 0.207. The van der Waals surface area contributed by atoms with Gasteiger partial charge in [-0.1, -0.05) is 85.8 Å². The smallest absolute Gasteiger partial charge is 0.338 e. The van der Waals surface area contributed by atoms with Crippen molar-refractivity contribution in [2.45, 2.75) is 32.7 Å². The van der Waals surface area contributed by atoms with E-state index in [1.165, 1.54) is 16.9 Å². The lowest BCUT2D eigenvalue weighted by molar-refractivity contribution is -0.138. The molecule has 3 aromatic carbocycles. The lowest BCUT2D eigenvalue weighted by Gasteiger charge is -2.26. The average molecular weight is 665 g/mol. The molecule has 0 saturated heterocycles. The van der Waals surface area contributed by atoms with Gasteiger partial charge in [-0.3, -0.25) is 9.36 Å². The second kappa shape index (κ2) is 11.9. The summed E-state index contributed by atoms with van der Waals surface area (Å²) in [5, 5.41) is 0. The Hall–Kier alpha value is -3.50. The summed E-state index contributed by atoms with van der Waals surface area (Å²) in [4.78, 5) is 33.1. The number of thiazole rings is 1. The van der Waals surface area contributed by atoms with E-state index in [2.05, 4.69) is 48.6 Å². The predicted octanol–water partition coefficient (Wildman–Crippen LogP) is 5.67. The monoisotopic (exact) mass is 664 g/mol. The van der Waals surface area contributed by atoms with Crippen LogP contribution in [0.4, 0.5) is 0 Å². The zero-order valence-corrected chi connectivity index (χ0v) is 25.7. The number of hydrogen-bond donors (Lipinski definition) is 0. The number of carbonyl (C=O) groups is 1. The summed E-state index contributed by atoms with van der Waals surface area (Å²) in [5.41, 5.74) is 4.32. The fraction of sp³-hybridized carbons (Fsp3) is 0.219. The van der Waals surface area contributed by atoms with Gasteiger partial charge in [0.2, 0.25) is 0 Å². The Kier molecular flexibility index (Phi) is 8.37. The molecule has 4 aromatic rings. The van der Waals surface area contributed by atoms with E-state index in [-0.39, 0.29) is 12.2 Å². The van der Waals surface area contributed by atoms with Gasteiger partial charge in [0.15, 0.2) is 4.80 Å². The molecule has 1 aromatic heterocycles. The summed E-state index contributed by atoms with van der Waals surface area (Å²) < 4.78 is 14.0. The topological polar surface area (TPSA) is 69.9 Å². The second-order valence-electron chi connectivity index (χ2n) is 9.65. The van der Waals surface area contributed by atoms with Gasteiger partial charge in [0, 0.05) is 5.56 Å². The number of benzene rings is 3. The molecule has 0 spiro atoms. The van der Waals surface area contributed by atoms with Crippen molar-refractivity contribution in [3.05, 3.63) is 124 Å². The zero-order valence-electron chi connectivity index (χ0n) is 22.7. The molecule has 0 unspecified atom stereocenters. The normalized spacial score (nSPS) is 15.2. The molecule has 6 nitrogen and oxygen atoms in total. The maximum Gasteiger partial charge on any atom is 0.338 e. The molecular formula is C32H29IN2O4S. The maximum atomic E-state index is 14.0. The Morgan fingerprint density at radius 1 is 1.10 bits per heavy atom. The van der Waals surface area contributed by atoms with E-state index in [4.69, 9.17) is 14.5 Å². The van der Waals surface area contributed by atoms with Crippen LogP contribution >= 0.6 is 33.9 Å². The lowest BCUT2D eigenvalue weighted by atomic mass is 9.91. The third kappa shape index (κ3) is 5.42. The molecular weight excluding hydrogens is 635 g/mol. The van der Waals surface area contributed by atoms with E-state index in [0.717, 1.165) is 26.0 Å². The Balaban J connectivity index is 1.79. The van der Waals surface area contributed by atoms with Gasteiger partial charge in [0.1, 0.15) is 5.75 Å². The van der Waals surface area contributed by atoms with E-state index in [1.807, 2.05) is 66.7 Å². The molecule has 0 aliphatic carbocycles. The molecule has 0 radical (unpaired) electrons. The van der Waals surface area contributed by atoms with Crippen molar-refractivity contribution in [2.24, 2.45) is 4.99 Å². The highest BCUT2D eigenvalue weighted by atomic mass is 127. The predicted molar refractivity (Wildman–Crippen MR) is 167 cm³/mol. The number of ether oxygens (including phenoxy) is 2. The first-order valence-corrected chi connectivity index (χ1v) is 14.9. The highest BCUT2D eigenvalue weighted by Crippen LogP contribution is 2.35. The number of esters is 1. The van der Waals surface area contributed by atoms with Crippen molar-refractivity contribution in [2.75, 3.05) is 13.7 Å². The zero-order chi connectivity index (χ0) is 28.4. The second-order valence-corrected chi connectivity index (χ2v) is 11.8. The minimum atomic E-state index is -0.690. The van der Waals surface area contributed by atoms with Crippen molar-refractivity contribution in [3.63, 3.8) is 0 Å². The van der Waals surface area contributed by atoms with Gasteiger partial charge in [0.25, 0.3) is 5.56 Å². The standard InChI is InChI=1S/C32H29IN2O4S/c1-5-39-31(37)27-28(22-9-7-6-8-10-22)34-32-35(29(27)23-14-12-21(13-15-23)19(2)3)30(36)26(40-32)18-20-11-16-25(38-4)24(33)17-20/h6-19,29H,5H2,1-4H3/b26-18+/t29-/m1/s1. The Morgan fingerprint density at radius 2 is 1.82 bits per heavy atom. The third-order valence-electron chi connectivity index (χ3n) is 6.77. The van der Waals surface area contributed by atoms with Crippen LogP contribution in [0.15, 0.2) is 88.2 Å². The van der Waals surface area contributed by atoms with Crippen molar-refractivity contribution < 1.29 is 14.3 Å². The van der Waals surface area contributed by atoms with Gasteiger partial charge >= 0.3 is 5.97 Å². The fourth-order valence-electron chi connectivity index (χ4n) is 4.74. The Labute approximate surface area is 250 Å². The molecule has 0 amide bonds. The maximum absolute atomic E-state index is 14.0. The van der Waals surface area contributed by atoms with E-state index in [1.54, 1.807) is 18.6 Å². The van der Waals surface area contributed by atoms with Gasteiger partial charge in [-0.2, -0.15) is 0 Å². The van der Waals surface area contributed by atoms with Crippen molar-refractivity contribution >= 4 is 51.7 Å². The van der Waals surface area contributed by atoms with Gasteiger partial charge < -0.3 is 9.47 Å². The van der Waals surface area contributed by atoms with Crippen LogP contribution in [0.3, 0.4) is 0 Å². The molecule has 0 bridgehead atoms. The number of hydrogen-bond acceptors (Lipinski definition) is 6. The van der Waals surface area contributed by atoms with Crippen LogP contribution in [0.1, 0.15) is 55.0 Å². The number of rotatable bonds is 7. The molecule has 2 heterocycles. The van der Waals surface area contributed by atoms with Crippen LogP contribution in [-0.4, -0.2) is 24.3 Å². The third-order valence-corrected chi connectivity index (χ3v) is 8.59. The van der Waals surface area contributed by atoms with Crippen LogP contribution in [0, 0.1) is 3.57 Å². The van der Waals surface area contributed by atoms with E-state index in [0.29, 0.717) is 26.5 Å². The van der Waals surface area contributed by atoms with Crippen molar-refractivity contribution in [1.29, 1.82) is 0 Å². The summed E-state index contributed by atoms with van der Waals surface area (Å²) in [6.45, 7) is 6.26. The van der Waals surface area contributed by atoms with Crippen LogP contribution in [0.2, 0.25) is 0 Å². The molecule has 8 heteroatoms. The van der Waals surface area contributed by atoms with E-state index in [9.17, 15) is 9.59 Å². The van der Waals surface area contributed by atoms with Gasteiger partial charge in [-0.05, 0) is 70.3 Å². The van der Waals surface area contributed by atoms with Crippen LogP contribution in [-0.2, 0) is 9.53 Å². The molecule has 5 rings (SSSR count). The first-order valence-electron chi connectivity index (χ1n) is 13.0. The average Bonchev–Trinajstić information content (AvgIpc) is 3.27. The van der Waals surface area contributed by atoms with Crippen LogP contribution in [0.25, 0.3) is 11.8 Å². The van der Waals surface area contributed by atoms with Crippen molar-refractivity contribution in [1.82, 2.24) is 4.57 Å². The lowest BCUT2D eigenvalue weighted by Crippen LogP contribution is -2.40. The fourth-order valence-corrected chi connectivity index (χ4v) is 6.50. The van der Waals surface area contributed by atoms with Gasteiger partial charge in [0.05, 0.1) is 39.1 Å². The van der Waals surface area contributed by atoms with Crippen LogP contribution < -0.4 is 19.6 Å². The summed E-state index contributed by atoms with van der Waals surface area (Å²) >= 11 is 3.53. The quantitative estimate of drug-likeness (QED) is 0.189. The molecule has 0 N–H and O–H groups in total. The van der Waals surface area contributed by atoms with E-state index >= 15 is 0 Å². The molecule has 0 fully saturated rings. The molecule has 204 valence electrons. The molecule has 1 aliphatic heterocycles. The Morgan fingerprint density at radius 3 is 2.45 bits per heavy atom. The summed E-state index contributed by atoms with van der Waals surface area (Å²) in [7, 11) is 1.63. The minimum Gasteiger partial charge on any atom is -0.496 e. The van der Waals surface area contributed by atoms with E-state index < -0.39 is 12.0 Å². The number of methoxy groups -OCH3 is 1. The van der Waals surface area contributed by atoms with Gasteiger partial charge in [-0.25, -0.2) is 9.79 Å². The molecule has 0 saturated carbocycles. The molecule has 40 heavy (non-hydrogen) atoms. The molecule has 1 atom stereocenters. The molecule has 1 aliphatic rings. The van der Waals surface area contributed by atoms with Gasteiger partial charge in [-0.15, -0.1) is 0 Å². The number of nitrogens with zero attached hydrogens (tertiary/aromatic N) is 2. The first-order chi connectivity index (χ1) is 19.3. The van der Waals surface area contributed by atoms with Crippen molar-refractivity contribution in [3.8, 4) is 5.75 Å².